The van der Waals surface area contributed by atoms with E-state index in [1.807, 2.05) is 24.3 Å². The maximum absolute atomic E-state index is 5.78. The van der Waals surface area contributed by atoms with E-state index >= 15 is 0 Å². The van der Waals surface area contributed by atoms with E-state index in [-0.39, 0.29) is 0 Å². The zero-order chi connectivity index (χ0) is 13.0. The van der Waals surface area contributed by atoms with Gasteiger partial charge in [0.05, 0.1) is 0 Å². The van der Waals surface area contributed by atoms with Crippen molar-refractivity contribution in [3.8, 4) is 5.75 Å². The average Bonchev–Trinajstić information content (AvgIpc) is 2.34. The zero-order valence-electron chi connectivity index (χ0n) is 11.2. The molecule has 0 spiro atoms. The molecule has 0 N–H and O–H groups in total. The molecule has 2 unspecified atom stereocenters. The topological polar surface area (TPSA) is 12.5 Å². The summed E-state index contributed by atoms with van der Waals surface area (Å²) in [6, 6.07) is 8.04. The molecule has 1 fully saturated rings. The molecule has 2 nitrogen and oxygen atoms in total. The van der Waals surface area contributed by atoms with Gasteiger partial charge >= 0.3 is 0 Å². The van der Waals surface area contributed by atoms with Gasteiger partial charge in [-0.15, -0.1) is 0 Å². The van der Waals surface area contributed by atoms with Crippen LogP contribution in [0, 0.1) is 11.8 Å². The molecule has 1 aliphatic rings. The first-order valence-corrected chi connectivity index (χ1v) is 7.55. The van der Waals surface area contributed by atoms with Crippen LogP contribution >= 0.6 is 15.9 Å². The van der Waals surface area contributed by atoms with Crippen LogP contribution in [0.3, 0.4) is 0 Å². The van der Waals surface area contributed by atoms with Gasteiger partial charge in [-0.25, -0.2) is 0 Å². The van der Waals surface area contributed by atoms with E-state index in [0.717, 1.165) is 35.2 Å². The van der Waals surface area contributed by atoms with Gasteiger partial charge in [-0.2, -0.15) is 0 Å². The lowest BCUT2D eigenvalue weighted by Gasteiger charge is -2.35. The van der Waals surface area contributed by atoms with Gasteiger partial charge in [-0.05, 0) is 43.0 Å². The first-order chi connectivity index (χ1) is 8.65. The summed E-state index contributed by atoms with van der Waals surface area (Å²) in [5.41, 5.74) is 0. The van der Waals surface area contributed by atoms with E-state index in [1.165, 1.54) is 19.5 Å². The normalized spacial score (nSPS) is 25.1. The molecule has 2 rings (SSSR count). The number of rotatable bonds is 4. The third-order valence-electron chi connectivity index (χ3n) is 3.89. The fourth-order valence-electron chi connectivity index (χ4n) is 2.40. The summed E-state index contributed by atoms with van der Waals surface area (Å²) in [7, 11) is 0. The van der Waals surface area contributed by atoms with E-state index in [1.54, 1.807) is 0 Å². The van der Waals surface area contributed by atoms with Gasteiger partial charge in [0, 0.05) is 17.6 Å². The maximum Gasteiger partial charge on any atom is 0.120 e. The highest BCUT2D eigenvalue weighted by atomic mass is 79.9. The van der Waals surface area contributed by atoms with Crippen LogP contribution in [0.2, 0.25) is 0 Å². The molecule has 1 saturated heterocycles. The minimum Gasteiger partial charge on any atom is -0.492 e. The Morgan fingerprint density at radius 2 is 2.17 bits per heavy atom. The summed E-state index contributed by atoms with van der Waals surface area (Å²) in [4.78, 5) is 2.52. The summed E-state index contributed by atoms with van der Waals surface area (Å²) in [5.74, 6) is 2.62. The predicted octanol–water partition coefficient (Wildman–Crippen LogP) is 3.81. The number of nitrogens with zero attached hydrogens (tertiary/aromatic N) is 1. The van der Waals surface area contributed by atoms with Crippen LogP contribution < -0.4 is 4.74 Å². The average molecular weight is 312 g/mol. The van der Waals surface area contributed by atoms with Crippen LogP contribution in [-0.2, 0) is 0 Å². The summed E-state index contributed by atoms with van der Waals surface area (Å²) >= 11 is 3.45. The van der Waals surface area contributed by atoms with Crippen molar-refractivity contribution in [3.05, 3.63) is 28.7 Å². The molecule has 3 heteroatoms. The summed E-state index contributed by atoms with van der Waals surface area (Å²) < 4.78 is 6.85. The highest BCUT2D eigenvalue weighted by molar-refractivity contribution is 9.10. The minimum absolute atomic E-state index is 0.775. The fraction of sp³-hybridized carbons (Fsp3) is 0.600. The highest BCUT2D eigenvalue weighted by Gasteiger charge is 2.22. The number of benzene rings is 1. The van der Waals surface area contributed by atoms with Gasteiger partial charge < -0.3 is 4.74 Å². The number of likely N-dealkylation sites (tertiary alicyclic amines) is 1. The van der Waals surface area contributed by atoms with E-state index < -0.39 is 0 Å². The largest absolute Gasteiger partial charge is 0.492 e. The SMILES string of the molecule is CC1CCN(CCOc2cccc(Br)c2)CC1C. The maximum atomic E-state index is 5.78. The minimum atomic E-state index is 0.775. The number of hydrogen-bond donors (Lipinski definition) is 0. The van der Waals surface area contributed by atoms with E-state index in [4.69, 9.17) is 4.74 Å². The summed E-state index contributed by atoms with van der Waals surface area (Å²) in [5, 5.41) is 0. The second-order valence-electron chi connectivity index (χ2n) is 5.35. The zero-order valence-corrected chi connectivity index (χ0v) is 12.8. The van der Waals surface area contributed by atoms with Crippen molar-refractivity contribution in [2.75, 3.05) is 26.2 Å². The number of halogens is 1. The van der Waals surface area contributed by atoms with Crippen LogP contribution in [0.15, 0.2) is 28.7 Å². The van der Waals surface area contributed by atoms with E-state index in [9.17, 15) is 0 Å². The molecule has 0 bridgehead atoms. The number of ether oxygens (including phenoxy) is 1. The highest BCUT2D eigenvalue weighted by Crippen LogP contribution is 2.22. The molecule has 1 aromatic carbocycles. The lowest BCUT2D eigenvalue weighted by atomic mass is 9.89. The van der Waals surface area contributed by atoms with Crippen LogP contribution in [0.1, 0.15) is 20.3 Å². The Labute approximate surface area is 118 Å². The Morgan fingerprint density at radius 1 is 1.33 bits per heavy atom. The van der Waals surface area contributed by atoms with Gasteiger partial charge in [0.15, 0.2) is 0 Å². The van der Waals surface area contributed by atoms with Crippen molar-refractivity contribution in [2.45, 2.75) is 20.3 Å². The first kappa shape index (κ1) is 13.9. The third kappa shape index (κ3) is 3.99. The fourth-order valence-corrected chi connectivity index (χ4v) is 2.78. The van der Waals surface area contributed by atoms with Gasteiger partial charge in [-0.3, -0.25) is 4.90 Å². The summed E-state index contributed by atoms with van der Waals surface area (Å²) in [6.07, 6.45) is 1.32. The molecule has 0 aromatic heterocycles. The van der Waals surface area contributed by atoms with Gasteiger partial charge in [0.1, 0.15) is 12.4 Å². The standard InChI is InChI=1S/C15H22BrNO/c1-12-6-7-17(11-13(12)2)8-9-18-15-5-3-4-14(16)10-15/h3-5,10,12-13H,6-9,11H2,1-2H3. The van der Waals surface area contributed by atoms with E-state index in [2.05, 4.69) is 34.7 Å². The molecular weight excluding hydrogens is 290 g/mol. The van der Waals surface area contributed by atoms with Crippen LogP contribution in [0.25, 0.3) is 0 Å². The van der Waals surface area contributed by atoms with Crippen molar-refractivity contribution < 1.29 is 4.74 Å². The van der Waals surface area contributed by atoms with Gasteiger partial charge in [0.25, 0.3) is 0 Å². The van der Waals surface area contributed by atoms with Crippen molar-refractivity contribution in [3.63, 3.8) is 0 Å². The molecule has 1 aliphatic heterocycles. The molecule has 0 amide bonds. The van der Waals surface area contributed by atoms with Crippen LogP contribution in [0.5, 0.6) is 5.75 Å². The van der Waals surface area contributed by atoms with Crippen molar-refractivity contribution in [1.29, 1.82) is 0 Å². The predicted molar refractivity (Wildman–Crippen MR) is 79.0 cm³/mol. The Balaban J connectivity index is 1.72. The molecule has 18 heavy (non-hydrogen) atoms. The lowest BCUT2D eigenvalue weighted by Crippen LogP contribution is -2.40. The number of hydrogen-bond acceptors (Lipinski definition) is 2. The van der Waals surface area contributed by atoms with Crippen LogP contribution in [0.4, 0.5) is 0 Å². The second-order valence-corrected chi connectivity index (χ2v) is 6.27. The Kier molecular flexibility index (Phi) is 5.07. The molecule has 0 radical (unpaired) electrons. The van der Waals surface area contributed by atoms with E-state index in [0.29, 0.717) is 0 Å². The smallest absolute Gasteiger partial charge is 0.120 e. The summed E-state index contributed by atoms with van der Waals surface area (Å²) in [6.45, 7) is 8.95. The Bertz CT molecular complexity index is 383. The van der Waals surface area contributed by atoms with Crippen molar-refractivity contribution >= 4 is 15.9 Å². The number of piperidine rings is 1. The molecular formula is C15H22BrNO. The quantitative estimate of drug-likeness (QED) is 0.838. The molecule has 2 atom stereocenters. The first-order valence-electron chi connectivity index (χ1n) is 6.76. The Hall–Kier alpha value is -0.540. The second kappa shape index (κ2) is 6.58. The van der Waals surface area contributed by atoms with Crippen molar-refractivity contribution in [1.82, 2.24) is 4.90 Å². The molecule has 1 heterocycles. The van der Waals surface area contributed by atoms with Gasteiger partial charge in [0.2, 0.25) is 0 Å². The Morgan fingerprint density at radius 3 is 2.89 bits per heavy atom. The molecule has 0 aliphatic carbocycles. The third-order valence-corrected chi connectivity index (χ3v) is 4.38. The molecule has 0 saturated carbocycles. The van der Waals surface area contributed by atoms with Crippen LogP contribution in [-0.4, -0.2) is 31.1 Å². The lowest BCUT2D eigenvalue weighted by molar-refractivity contribution is 0.119. The van der Waals surface area contributed by atoms with Crippen molar-refractivity contribution in [2.24, 2.45) is 11.8 Å². The molecule has 100 valence electrons. The van der Waals surface area contributed by atoms with Gasteiger partial charge in [-0.1, -0.05) is 35.8 Å². The molecule has 1 aromatic rings. The monoisotopic (exact) mass is 311 g/mol.